The van der Waals surface area contributed by atoms with Gasteiger partial charge >= 0.3 is 0 Å². The molecule has 269 valence electrons. The number of fused-ring (bicyclic) bond motifs is 2. The third-order valence-corrected chi connectivity index (χ3v) is 12.9. The number of thiophene rings is 1. The minimum Gasteiger partial charge on any atom is -0.512 e. The Morgan fingerprint density at radius 2 is 1.56 bits per heavy atom. The second kappa shape index (κ2) is 17.6. The van der Waals surface area contributed by atoms with E-state index in [9.17, 15) is 9.90 Å². The first-order chi connectivity index (χ1) is 23.1. The fraction of sp³-hybridized carbons (Fsp3) is 0.409. The first-order valence-electron chi connectivity index (χ1n) is 18.0. The zero-order valence-electron chi connectivity index (χ0n) is 32.0. The quantitative estimate of drug-likeness (QED) is 0.0658. The Kier molecular flexibility index (Phi) is 14.6. The number of carbonyl (C=O) groups is 1. The molecule has 3 aromatic carbocycles. The zero-order valence-corrected chi connectivity index (χ0v) is 36.2. The second-order valence-electron chi connectivity index (χ2n) is 15.4. The average molecular weight is 883 g/mol. The van der Waals surface area contributed by atoms with E-state index in [4.69, 9.17) is 4.98 Å². The molecule has 0 unspecified atom stereocenters. The van der Waals surface area contributed by atoms with Gasteiger partial charge in [-0.05, 0) is 66.7 Å². The van der Waals surface area contributed by atoms with Crippen LogP contribution in [0.5, 0.6) is 0 Å². The molecule has 0 aliphatic heterocycles. The molecule has 5 rings (SSSR count). The van der Waals surface area contributed by atoms with E-state index in [0.717, 1.165) is 42.3 Å². The predicted octanol–water partition coefficient (Wildman–Crippen LogP) is 12.6. The molecule has 0 amide bonds. The van der Waals surface area contributed by atoms with Crippen LogP contribution >= 0.6 is 11.3 Å². The average Bonchev–Trinajstić information content (AvgIpc) is 3.49. The number of ketones is 1. The maximum atomic E-state index is 11.7. The van der Waals surface area contributed by atoms with Crippen LogP contribution in [0.3, 0.4) is 0 Å². The number of aromatic nitrogens is 1. The number of rotatable bonds is 10. The minimum absolute atomic E-state index is 0. The van der Waals surface area contributed by atoms with Crippen molar-refractivity contribution in [3.63, 3.8) is 0 Å². The number of allylic oxidation sites excluding steroid dienone is 2. The fourth-order valence-electron chi connectivity index (χ4n) is 6.45. The first kappa shape index (κ1) is 41.5. The van der Waals surface area contributed by atoms with Gasteiger partial charge in [-0.1, -0.05) is 121 Å². The monoisotopic (exact) mass is 883 g/mol. The van der Waals surface area contributed by atoms with Crippen LogP contribution in [0.2, 0.25) is 19.6 Å². The van der Waals surface area contributed by atoms with Crippen molar-refractivity contribution in [3.8, 4) is 21.7 Å². The number of hydrogen-bond acceptors (Lipinski definition) is 4. The standard InChI is InChI=1S/C31H32NSSi.C13H24O2.Ir/c1-20-16-24(34(5,6)7)12-13-25(20)28-19-22-14-15-32-29(30(22)33-28)23-17-21-10-8-9-11-26(21)27(18-23)31(2,3)4;1-5-10(6-2)12(14)9-13(15)11(7-3)8-4;/h8-16,18-19H,1-7H3;9-11,14H,5-8H2,1-4H3;/q-1;;/b;12-9-;. The van der Waals surface area contributed by atoms with Crippen molar-refractivity contribution in [2.45, 2.75) is 106 Å². The van der Waals surface area contributed by atoms with Crippen LogP contribution in [-0.4, -0.2) is 23.9 Å². The van der Waals surface area contributed by atoms with Crippen LogP contribution in [0.4, 0.5) is 0 Å². The smallest absolute Gasteiger partial charge is 0.162 e. The van der Waals surface area contributed by atoms with Gasteiger partial charge in [-0.3, -0.25) is 9.78 Å². The van der Waals surface area contributed by atoms with E-state index in [2.05, 4.69) is 114 Å². The minimum atomic E-state index is -1.33. The van der Waals surface area contributed by atoms with Crippen molar-refractivity contribution >= 4 is 51.2 Å². The number of nitrogens with zero attached hydrogens (tertiary/aromatic N) is 1. The predicted molar refractivity (Wildman–Crippen MR) is 217 cm³/mol. The molecule has 0 saturated heterocycles. The molecule has 0 saturated carbocycles. The SMILES string of the molecule is CCC(CC)C(=O)/C=C(\O)C(CC)CC.Cc1cc([Si](C)(C)C)ccc1-c1cc2ccnc(-c3[c-]c4ccccc4c(C(C)(C)C)c3)c2s1.[Ir]. The molecule has 0 fully saturated rings. The summed E-state index contributed by atoms with van der Waals surface area (Å²) in [6.45, 7) is 24.4. The van der Waals surface area contributed by atoms with E-state index in [1.165, 1.54) is 48.3 Å². The van der Waals surface area contributed by atoms with Crippen molar-refractivity contribution in [1.29, 1.82) is 0 Å². The number of carbonyl (C=O) groups excluding carboxylic acids is 1. The Morgan fingerprint density at radius 1 is 0.920 bits per heavy atom. The molecule has 6 heteroatoms. The van der Waals surface area contributed by atoms with Gasteiger partial charge in [0.25, 0.3) is 0 Å². The molecule has 50 heavy (non-hydrogen) atoms. The molecule has 0 aliphatic carbocycles. The van der Waals surface area contributed by atoms with E-state index in [1.807, 2.05) is 45.2 Å². The number of hydrogen-bond donors (Lipinski definition) is 1. The van der Waals surface area contributed by atoms with Crippen LogP contribution in [0.15, 0.2) is 78.7 Å². The van der Waals surface area contributed by atoms with Crippen LogP contribution < -0.4 is 5.19 Å². The van der Waals surface area contributed by atoms with E-state index in [1.54, 1.807) is 0 Å². The molecular weight excluding hydrogens is 827 g/mol. The van der Waals surface area contributed by atoms with Gasteiger partial charge in [0.1, 0.15) is 0 Å². The Labute approximate surface area is 320 Å². The second-order valence-corrected chi connectivity index (χ2v) is 21.5. The summed E-state index contributed by atoms with van der Waals surface area (Å²) in [6, 6.07) is 26.1. The molecule has 0 atom stereocenters. The van der Waals surface area contributed by atoms with Gasteiger partial charge < -0.3 is 5.11 Å². The Balaban J connectivity index is 0.000000361. The molecule has 0 spiro atoms. The van der Waals surface area contributed by atoms with Crippen molar-refractivity contribution in [1.82, 2.24) is 4.98 Å². The van der Waals surface area contributed by atoms with E-state index in [0.29, 0.717) is 0 Å². The van der Waals surface area contributed by atoms with Gasteiger partial charge in [-0.2, -0.15) is 0 Å². The van der Waals surface area contributed by atoms with Crippen molar-refractivity contribution in [2.75, 3.05) is 0 Å². The summed E-state index contributed by atoms with van der Waals surface area (Å²) < 4.78 is 1.23. The number of aliphatic hydroxyl groups is 1. The van der Waals surface area contributed by atoms with Gasteiger partial charge in [-0.15, -0.1) is 40.5 Å². The number of benzene rings is 3. The maximum absolute atomic E-state index is 11.7. The van der Waals surface area contributed by atoms with E-state index >= 15 is 0 Å². The molecule has 5 aromatic rings. The number of aryl methyl sites for hydroxylation is 1. The summed E-state index contributed by atoms with van der Waals surface area (Å²) >= 11 is 1.85. The zero-order chi connectivity index (χ0) is 36.1. The summed E-state index contributed by atoms with van der Waals surface area (Å²) in [7, 11) is -1.33. The molecule has 1 N–H and O–H groups in total. The summed E-state index contributed by atoms with van der Waals surface area (Å²) in [5.74, 6) is 0.547. The van der Waals surface area contributed by atoms with Crippen LogP contribution in [0.1, 0.15) is 85.3 Å². The molecular formula is C44H56IrNO2SSi-. The molecule has 0 bridgehead atoms. The van der Waals surface area contributed by atoms with Gasteiger partial charge in [0.2, 0.25) is 0 Å². The Hall–Kier alpha value is -2.89. The first-order valence-corrected chi connectivity index (χ1v) is 22.3. The van der Waals surface area contributed by atoms with Gasteiger partial charge in [0, 0.05) is 59.5 Å². The molecule has 3 nitrogen and oxygen atoms in total. The normalized spacial score (nSPS) is 12.3. The third-order valence-electron chi connectivity index (χ3n) is 9.71. The summed E-state index contributed by atoms with van der Waals surface area (Å²) in [6.07, 6.45) is 6.85. The van der Waals surface area contributed by atoms with Gasteiger partial charge in [-0.25, -0.2) is 0 Å². The fourth-order valence-corrected chi connectivity index (χ4v) is 8.94. The largest absolute Gasteiger partial charge is 0.512 e. The molecule has 2 aromatic heterocycles. The summed E-state index contributed by atoms with van der Waals surface area (Å²) in [5, 5.41) is 14.9. The summed E-state index contributed by atoms with van der Waals surface area (Å²) in [5.41, 5.74) is 6.16. The molecule has 2 heterocycles. The van der Waals surface area contributed by atoms with Gasteiger partial charge in [0.05, 0.1) is 13.8 Å². The Morgan fingerprint density at radius 3 is 2.14 bits per heavy atom. The number of aliphatic hydroxyl groups excluding tert-OH is 1. The molecule has 0 aliphatic rings. The summed E-state index contributed by atoms with van der Waals surface area (Å²) in [4.78, 5) is 17.9. The van der Waals surface area contributed by atoms with E-state index < -0.39 is 8.07 Å². The van der Waals surface area contributed by atoms with Crippen LogP contribution in [0.25, 0.3) is 42.6 Å². The van der Waals surface area contributed by atoms with E-state index in [-0.39, 0.29) is 48.9 Å². The topological polar surface area (TPSA) is 50.2 Å². The van der Waals surface area contributed by atoms with Crippen molar-refractivity contribution < 1.29 is 30.0 Å². The van der Waals surface area contributed by atoms with Crippen molar-refractivity contribution in [3.05, 3.63) is 95.9 Å². The van der Waals surface area contributed by atoms with Crippen LogP contribution in [0, 0.1) is 24.8 Å². The van der Waals surface area contributed by atoms with Gasteiger partial charge in [0.15, 0.2) is 5.78 Å². The number of pyridine rings is 1. The maximum Gasteiger partial charge on any atom is 0.162 e. The third kappa shape index (κ3) is 9.70. The molecule has 1 radical (unpaired) electrons. The van der Waals surface area contributed by atoms with Crippen LogP contribution in [-0.2, 0) is 30.3 Å². The van der Waals surface area contributed by atoms with Crippen molar-refractivity contribution in [2.24, 2.45) is 11.8 Å². The Bertz CT molecular complexity index is 1940.